The van der Waals surface area contributed by atoms with Crippen LogP contribution in [0, 0.1) is 0 Å². The van der Waals surface area contributed by atoms with Gasteiger partial charge in [-0.3, -0.25) is 9.59 Å². The molecule has 4 rings (SSSR count). The maximum atomic E-state index is 12.5. The monoisotopic (exact) mass is 443 g/mol. The number of rotatable bonds is 6. The van der Waals surface area contributed by atoms with Crippen molar-refractivity contribution in [2.45, 2.75) is 12.1 Å². The van der Waals surface area contributed by atoms with E-state index in [2.05, 4.69) is 20.6 Å². The number of hydrogen-bond donors (Lipinski definition) is 3. The molecule has 0 fully saturated rings. The number of nitrogens with zero attached hydrogens (tertiary/aromatic N) is 2. The van der Waals surface area contributed by atoms with E-state index in [-0.39, 0.29) is 11.8 Å². The summed E-state index contributed by atoms with van der Waals surface area (Å²) in [5, 5.41) is 6.40. The van der Waals surface area contributed by atoms with Crippen LogP contribution in [-0.2, 0) is 4.79 Å². The van der Waals surface area contributed by atoms with E-state index in [0.29, 0.717) is 17.1 Å². The van der Waals surface area contributed by atoms with Gasteiger partial charge in [0, 0.05) is 35.5 Å². The molecule has 32 heavy (non-hydrogen) atoms. The van der Waals surface area contributed by atoms with E-state index >= 15 is 0 Å². The van der Waals surface area contributed by atoms with Gasteiger partial charge in [-0.2, -0.15) is 0 Å². The Morgan fingerprint density at radius 2 is 1.75 bits per heavy atom. The van der Waals surface area contributed by atoms with Gasteiger partial charge in [0.05, 0.1) is 11.4 Å². The van der Waals surface area contributed by atoms with Crippen molar-refractivity contribution in [3.8, 4) is 22.5 Å². The quantitative estimate of drug-likeness (QED) is 0.361. The number of carbonyl (C=O) groups excluding carboxylic acids is 2. The van der Waals surface area contributed by atoms with E-state index in [1.54, 1.807) is 24.4 Å². The lowest BCUT2D eigenvalue weighted by Gasteiger charge is -2.09. The SMILES string of the molecule is CSc1nc(-c2cccc(NC(=O)c3ccccc3)c2)c(-c2ccnc(NC(C)=O)c2)[nH]1. The van der Waals surface area contributed by atoms with Gasteiger partial charge in [-0.05, 0) is 42.7 Å². The normalized spacial score (nSPS) is 10.6. The van der Waals surface area contributed by atoms with Crippen molar-refractivity contribution in [3.05, 3.63) is 78.5 Å². The minimum absolute atomic E-state index is 0.177. The number of carbonyl (C=O) groups is 2. The van der Waals surface area contributed by atoms with Gasteiger partial charge in [0.25, 0.3) is 5.91 Å². The van der Waals surface area contributed by atoms with Gasteiger partial charge in [0.1, 0.15) is 5.82 Å². The van der Waals surface area contributed by atoms with Gasteiger partial charge < -0.3 is 15.6 Å². The number of pyridine rings is 1. The fourth-order valence-electron chi connectivity index (χ4n) is 3.24. The molecule has 3 N–H and O–H groups in total. The molecule has 0 bridgehead atoms. The minimum Gasteiger partial charge on any atom is -0.332 e. The Morgan fingerprint density at radius 3 is 2.50 bits per heavy atom. The van der Waals surface area contributed by atoms with Crippen LogP contribution in [0.5, 0.6) is 0 Å². The van der Waals surface area contributed by atoms with Crippen LogP contribution in [-0.4, -0.2) is 33.0 Å². The van der Waals surface area contributed by atoms with Gasteiger partial charge >= 0.3 is 0 Å². The van der Waals surface area contributed by atoms with Crippen molar-refractivity contribution in [1.82, 2.24) is 15.0 Å². The first-order valence-electron chi connectivity index (χ1n) is 9.88. The second-order valence-corrected chi connectivity index (χ2v) is 7.78. The maximum Gasteiger partial charge on any atom is 0.255 e. The summed E-state index contributed by atoms with van der Waals surface area (Å²) < 4.78 is 0. The van der Waals surface area contributed by atoms with Crippen LogP contribution in [0.15, 0.2) is 78.1 Å². The zero-order valence-corrected chi connectivity index (χ0v) is 18.4. The highest BCUT2D eigenvalue weighted by atomic mass is 32.2. The first-order valence-corrected chi connectivity index (χ1v) is 11.1. The van der Waals surface area contributed by atoms with Crippen LogP contribution in [0.4, 0.5) is 11.5 Å². The number of nitrogens with one attached hydrogen (secondary N) is 3. The summed E-state index contributed by atoms with van der Waals surface area (Å²) >= 11 is 1.50. The van der Waals surface area contributed by atoms with Crippen LogP contribution in [0.2, 0.25) is 0 Å². The second kappa shape index (κ2) is 9.49. The maximum absolute atomic E-state index is 12.5. The number of imidazole rings is 1. The number of anilines is 2. The molecule has 0 saturated carbocycles. The molecule has 0 aliphatic heterocycles. The van der Waals surface area contributed by atoms with E-state index in [0.717, 1.165) is 27.7 Å². The Labute approximate surface area is 189 Å². The fraction of sp³-hybridized carbons (Fsp3) is 0.0833. The van der Waals surface area contributed by atoms with Crippen LogP contribution < -0.4 is 10.6 Å². The topological polar surface area (TPSA) is 99.8 Å². The third-order valence-electron chi connectivity index (χ3n) is 4.66. The molecule has 0 saturated heterocycles. The van der Waals surface area contributed by atoms with Crippen molar-refractivity contribution in [2.75, 3.05) is 16.9 Å². The summed E-state index contributed by atoms with van der Waals surface area (Å²) in [4.78, 5) is 36.2. The van der Waals surface area contributed by atoms with Crippen molar-refractivity contribution in [1.29, 1.82) is 0 Å². The molecule has 0 radical (unpaired) electrons. The molecule has 160 valence electrons. The lowest BCUT2D eigenvalue weighted by molar-refractivity contribution is -0.114. The van der Waals surface area contributed by atoms with Gasteiger partial charge in [-0.15, -0.1) is 0 Å². The van der Waals surface area contributed by atoms with E-state index in [1.165, 1.54) is 18.7 Å². The zero-order valence-electron chi connectivity index (χ0n) is 17.5. The van der Waals surface area contributed by atoms with E-state index in [1.807, 2.05) is 54.8 Å². The first kappa shape index (κ1) is 21.3. The summed E-state index contributed by atoms with van der Waals surface area (Å²) in [6.45, 7) is 1.44. The Balaban J connectivity index is 1.69. The summed E-state index contributed by atoms with van der Waals surface area (Å²) in [5.41, 5.74) is 4.49. The zero-order chi connectivity index (χ0) is 22.5. The number of aromatic nitrogens is 3. The van der Waals surface area contributed by atoms with Gasteiger partial charge in [-0.25, -0.2) is 9.97 Å². The fourth-order valence-corrected chi connectivity index (χ4v) is 3.62. The Kier molecular flexibility index (Phi) is 6.32. The average Bonchev–Trinajstić information content (AvgIpc) is 3.24. The number of aromatic amines is 1. The highest BCUT2D eigenvalue weighted by Crippen LogP contribution is 2.34. The first-order chi connectivity index (χ1) is 15.5. The number of benzene rings is 2. The Bertz CT molecular complexity index is 1270. The van der Waals surface area contributed by atoms with Crippen LogP contribution in [0.25, 0.3) is 22.5 Å². The molecular formula is C24H21N5O2S. The number of H-pyrrole nitrogens is 1. The summed E-state index contributed by atoms with van der Waals surface area (Å²) in [6, 6.07) is 20.3. The number of amides is 2. The molecular weight excluding hydrogens is 422 g/mol. The lowest BCUT2D eigenvalue weighted by Crippen LogP contribution is -2.11. The average molecular weight is 444 g/mol. The van der Waals surface area contributed by atoms with Crippen molar-refractivity contribution >= 4 is 35.1 Å². The van der Waals surface area contributed by atoms with Crippen molar-refractivity contribution < 1.29 is 9.59 Å². The van der Waals surface area contributed by atoms with Gasteiger partial charge in [0.15, 0.2) is 5.16 Å². The van der Waals surface area contributed by atoms with Crippen molar-refractivity contribution in [2.24, 2.45) is 0 Å². The minimum atomic E-state index is -0.189. The molecule has 0 unspecified atom stereocenters. The molecule has 8 heteroatoms. The number of hydrogen-bond acceptors (Lipinski definition) is 5. The molecule has 4 aromatic rings. The second-order valence-electron chi connectivity index (χ2n) is 6.98. The van der Waals surface area contributed by atoms with E-state index in [9.17, 15) is 9.59 Å². The van der Waals surface area contributed by atoms with Gasteiger partial charge in [0.2, 0.25) is 5.91 Å². The smallest absolute Gasteiger partial charge is 0.255 e. The lowest BCUT2D eigenvalue weighted by atomic mass is 10.0. The Hall–Kier alpha value is -3.91. The Morgan fingerprint density at radius 1 is 0.938 bits per heavy atom. The number of thioether (sulfide) groups is 1. The molecule has 2 aromatic heterocycles. The molecule has 2 heterocycles. The highest BCUT2D eigenvalue weighted by Gasteiger charge is 2.16. The van der Waals surface area contributed by atoms with E-state index < -0.39 is 0 Å². The standard InChI is InChI=1S/C24H21N5O2S/c1-15(30)26-20-14-18(11-12-25-20)22-21(28-24(29-22)32-2)17-9-6-10-19(13-17)27-23(31)16-7-4-3-5-8-16/h3-14H,1-2H3,(H,27,31)(H,28,29)(H,25,26,30). The third-order valence-corrected chi connectivity index (χ3v) is 5.24. The summed E-state index contributed by atoms with van der Waals surface area (Å²) in [5.74, 6) is 0.0974. The van der Waals surface area contributed by atoms with E-state index in [4.69, 9.17) is 4.98 Å². The predicted octanol–water partition coefficient (Wildman–Crippen LogP) is 5.07. The summed E-state index contributed by atoms with van der Waals surface area (Å²) in [7, 11) is 0. The summed E-state index contributed by atoms with van der Waals surface area (Å²) in [6.07, 6.45) is 3.58. The predicted molar refractivity (Wildman–Crippen MR) is 128 cm³/mol. The molecule has 0 aliphatic rings. The third kappa shape index (κ3) is 4.87. The molecule has 2 aromatic carbocycles. The molecule has 0 aliphatic carbocycles. The molecule has 7 nitrogen and oxygen atoms in total. The van der Waals surface area contributed by atoms with Crippen LogP contribution in [0.3, 0.4) is 0 Å². The van der Waals surface area contributed by atoms with Crippen LogP contribution in [0.1, 0.15) is 17.3 Å². The van der Waals surface area contributed by atoms with Crippen molar-refractivity contribution in [3.63, 3.8) is 0 Å². The highest BCUT2D eigenvalue weighted by molar-refractivity contribution is 7.98. The van der Waals surface area contributed by atoms with Gasteiger partial charge in [-0.1, -0.05) is 42.1 Å². The molecule has 0 atom stereocenters. The largest absolute Gasteiger partial charge is 0.332 e. The van der Waals surface area contributed by atoms with Crippen LogP contribution >= 0.6 is 11.8 Å². The molecule has 0 spiro atoms. The molecule has 2 amide bonds.